The van der Waals surface area contributed by atoms with Gasteiger partial charge in [0.05, 0.1) is 11.3 Å². The van der Waals surface area contributed by atoms with Crippen LogP contribution in [0, 0.1) is 0 Å². The quantitative estimate of drug-likeness (QED) is 0.882. The Morgan fingerprint density at radius 3 is 2.36 bits per heavy atom. The van der Waals surface area contributed by atoms with Crippen LogP contribution in [0.5, 0.6) is 0 Å². The molecule has 7 nitrogen and oxygen atoms in total. The molecule has 0 atom stereocenters. The molecule has 0 bridgehead atoms. The number of aryl methyl sites for hydroxylation is 1. The minimum atomic E-state index is -4.76. The molecule has 2 aromatic rings. The highest BCUT2D eigenvalue weighted by Crippen LogP contribution is 2.36. The number of anilines is 2. The van der Waals surface area contributed by atoms with Crippen LogP contribution in [0.3, 0.4) is 0 Å². The Kier molecular flexibility index (Phi) is 4.91. The number of halogens is 3. The van der Waals surface area contributed by atoms with Crippen molar-refractivity contribution in [1.82, 2.24) is 9.78 Å². The van der Waals surface area contributed by atoms with Crippen LogP contribution in [0.1, 0.15) is 23.0 Å². The summed E-state index contributed by atoms with van der Waals surface area (Å²) in [4.78, 5) is 34.3. The molecule has 0 aliphatic rings. The minimum Gasteiger partial charge on any atom is -0.326 e. The summed E-state index contributed by atoms with van der Waals surface area (Å²) in [5, 5.41) is 8.02. The summed E-state index contributed by atoms with van der Waals surface area (Å²) in [6, 6.07) is 5.14. The molecule has 1 aromatic carbocycles. The third kappa shape index (κ3) is 4.43. The highest BCUT2D eigenvalue weighted by molar-refractivity contribution is 6.03. The monoisotopic (exact) mass is 354 g/mol. The molecule has 0 saturated heterocycles. The molecule has 25 heavy (non-hydrogen) atoms. The molecular weight excluding hydrogens is 341 g/mol. The van der Waals surface area contributed by atoms with Gasteiger partial charge in [0.2, 0.25) is 5.91 Å². The number of nitrogens with one attached hydrogen (secondary N) is 2. The lowest BCUT2D eigenvalue weighted by Gasteiger charge is -2.15. The van der Waals surface area contributed by atoms with Crippen LogP contribution in [0.25, 0.3) is 0 Å². The van der Waals surface area contributed by atoms with Gasteiger partial charge < -0.3 is 10.6 Å². The first kappa shape index (κ1) is 18.2. The molecule has 0 spiro atoms. The SMILES string of the molecule is CC(=O)Nc1ccc(NC(=O)c2ccc(=O)n(C)n2)c(C(F)(F)F)c1. The van der Waals surface area contributed by atoms with Gasteiger partial charge in [0.25, 0.3) is 11.5 Å². The van der Waals surface area contributed by atoms with Crippen molar-refractivity contribution in [3.05, 3.63) is 51.9 Å². The van der Waals surface area contributed by atoms with E-state index in [9.17, 15) is 27.6 Å². The molecule has 2 amide bonds. The van der Waals surface area contributed by atoms with E-state index in [0.29, 0.717) is 6.07 Å². The molecule has 132 valence electrons. The van der Waals surface area contributed by atoms with Crippen molar-refractivity contribution in [1.29, 1.82) is 0 Å². The predicted octanol–water partition coefficient (Wildman–Crippen LogP) is 2.01. The molecule has 2 rings (SSSR count). The molecule has 2 N–H and O–H groups in total. The summed E-state index contributed by atoms with van der Waals surface area (Å²) in [5.74, 6) is -1.44. The number of carbonyl (C=O) groups is 2. The molecule has 0 radical (unpaired) electrons. The maximum Gasteiger partial charge on any atom is 0.418 e. The first-order chi connectivity index (χ1) is 11.6. The summed E-state index contributed by atoms with van der Waals surface area (Å²) < 4.78 is 40.5. The van der Waals surface area contributed by atoms with Gasteiger partial charge in [-0.1, -0.05) is 0 Å². The third-order valence-electron chi connectivity index (χ3n) is 3.09. The smallest absolute Gasteiger partial charge is 0.326 e. The van der Waals surface area contributed by atoms with Gasteiger partial charge >= 0.3 is 6.18 Å². The second-order valence-electron chi connectivity index (χ2n) is 5.07. The van der Waals surface area contributed by atoms with E-state index in [0.717, 1.165) is 29.8 Å². The van der Waals surface area contributed by atoms with Gasteiger partial charge in [-0.15, -0.1) is 0 Å². The van der Waals surface area contributed by atoms with Crippen molar-refractivity contribution in [3.8, 4) is 0 Å². The van der Waals surface area contributed by atoms with E-state index in [1.54, 1.807) is 0 Å². The number of amides is 2. The standard InChI is InChI=1S/C15H13F3N4O3/c1-8(23)19-9-3-4-11(10(7-9)15(16,17)18)20-14(25)12-5-6-13(24)22(2)21-12/h3-7H,1-2H3,(H,19,23)(H,20,25). The highest BCUT2D eigenvalue weighted by atomic mass is 19.4. The lowest BCUT2D eigenvalue weighted by atomic mass is 10.1. The largest absolute Gasteiger partial charge is 0.418 e. The topological polar surface area (TPSA) is 93.1 Å². The molecule has 1 heterocycles. The van der Waals surface area contributed by atoms with E-state index in [2.05, 4.69) is 15.7 Å². The van der Waals surface area contributed by atoms with Crippen molar-refractivity contribution in [3.63, 3.8) is 0 Å². The lowest BCUT2D eigenvalue weighted by Crippen LogP contribution is -2.24. The maximum absolute atomic E-state index is 13.2. The van der Waals surface area contributed by atoms with E-state index in [1.807, 2.05) is 0 Å². The normalized spacial score (nSPS) is 11.1. The second-order valence-corrected chi connectivity index (χ2v) is 5.07. The first-order valence-electron chi connectivity index (χ1n) is 6.92. The first-order valence-corrected chi connectivity index (χ1v) is 6.92. The zero-order valence-corrected chi connectivity index (χ0v) is 13.1. The number of alkyl halides is 3. The predicted molar refractivity (Wildman–Crippen MR) is 83.2 cm³/mol. The van der Waals surface area contributed by atoms with Crippen molar-refractivity contribution < 1.29 is 22.8 Å². The summed E-state index contributed by atoms with van der Waals surface area (Å²) >= 11 is 0. The molecule has 0 unspecified atom stereocenters. The van der Waals surface area contributed by atoms with Crippen LogP contribution in [0.4, 0.5) is 24.5 Å². The van der Waals surface area contributed by atoms with Gasteiger partial charge in [0.1, 0.15) is 5.69 Å². The second kappa shape index (κ2) is 6.75. The summed E-state index contributed by atoms with van der Waals surface area (Å²) in [6.07, 6.45) is -4.76. The van der Waals surface area contributed by atoms with Crippen molar-refractivity contribution in [2.45, 2.75) is 13.1 Å². The van der Waals surface area contributed by atoms with Crippen LogP contribution >= 0.6 is 0 Å². The van der Waals surface area contributed by atoms with Crippen LogP contribution in [-0.4, -0.2) is 21.6 Å². The van der Waals surface area contributed by atoms with Crippen LogP contribution in [0.2, 0.25) is 0 Å². The average Bonchev–Trinajstić information content (AvgIpc) is 2.49. The molecule has 10 heteroatoms. The zero-order chi connectivity index (χ0) is 18.8. The Hall–Kier alpha value is -3.17. The van der Waals surface area contributed by atoms with E-state index >= 15 is 0 Å². The van der Waals surface area contributed by atoms with E-state index < -0.39 is 34.8 Å². The number of rotatable bonds is 3. The fraction of sp³-hybridized carbons (Fsp3) is 0.200. The average molecular weight is 354 g/mol. The van der Waals surface area contributed by atoms with Crippen molar-refractivity contribution in [2.75, 3.05) is 10.6 Å². The van der Waals surface area contributed by atoms with Gasteiger partial charge in [0, 0.05) is 25.7 Å². The Morgan fingerprint density at radius 2 is 1.80 bits per heavy atom. The molecule has 0 saturated carbocycles. The molecule has 0 aliphatic heterocycles. The zero-order valence-electron chi connectivity index (χ0n) is 13.1. The third-order valence-corrected chi connectivity index (χ3v) is 3.09. The molecule has 0 fully saturated rings. The van der Waals surface area contributed by atoms with E-state index in [1.165, 1.54) is 13.1 Å². The number of benzene rings is 1. The minimum absolute atomic E-state index is 0.0574. The van der Waals surface area contributed by atoms with E-state index in [-0.39, 0.29) is 11.4 Å². The van der Waals surface area contributed by atoms with E-state index in [4.69, 9.17) is 0 Å². The molecule has 1 aromatic heterocycles. The van der Waals surface area contributed by atoms with Gasteiger partial charge in [-0.2, -0.15) is 18.3 Å². The molecule has 0 aliphatic carbocycles. The van der Waals surface area contributed by atoms with Crippen molar-refractivity contribution in [2.24, 2.45) is 7.05 Å². The van der Waals surface area contributed by atoms with Gasteiger partial charge in [-0.25, -0.2) is 4.68 Å². The fourth-order valence-corrected chi connectivity index (χ4v) is 1.98. The Labute approximate surface area is 139 Å². The van der Waals surface area contributed by atoms with Crippen LogP contribution in [-0.2, 0) is 18.0 Å². The lowest BCUT2D eigenvalue weighted by molar-refractivity contribution is -0.137. The summed E-state index contributed by atoms with van der Waals surface area (Å²) in [6.45, 7) is 1.16. The number of hydrogen-bond donors (Lipinski definition) is 2. The van der Waals surface area contributed by atoms with Gasteiger partial charge in [-0.05, 0) is 24.3 Å². The number of hydrogen-bond acceptors (Lipinski definition) is 4. The van der Waals surface area contributed by atoms with Gasteiger partial charge in [0.15, 0.2) is 0 Å². The maximum atomic E-state index is 13.2. The Bertz CT molecular complexity index is 890. The summed E-state index contributed by atoms with van der Waals surface area (Å²) in [7, 11) is 1.31. The number of nitrogens with zero attached hydrogens (tertiary/aromatic N) is 2. The molecular formula is C15H13F3N4O3. The van der Waals surface area contributed by atoms with Crippen LogP contribution in [0.15, 0.2) is 35.1 Å². The fourth-order valence-electron chi connectivity index (χ4n) is 1.98. The summed E-state index contributed by atoms with van der Waals surface area (Å²) in [5.41, 5.74) is -2.37. The Morgan fingerprint density at radius 1 is 1.12 bits per heavy atom. The van der Waals surface area contributed by atoms with Crippen LogP contribution < -0.4 is 16.2 Å². The van der Waals surface area contributed by atoms with Gasteiger partial charge in [-0.3, -0.25) is 14.4 Å². The highest BCUT2D eigenvalue weighted by Gasteiger charge is 2.34. The van der Waals surface area contributed by atoms with Crippen molar-refractivity contribution >= 4 is 23.2 Å². The number of carbonyl (C=O) groups excluding carboxylic acids is 2. The number of aromatic nitrogens is 2. The Balaban J connectivity index is 2.37.